The number of rotatable bonds is 4. The van der Waals surface area contributed by atoms with Gasteiger partial charge in [0.25, 0.3) is 5.56 Å². The van der Waals surface area contributed by atoms with E-state index in [1.54, 1.807) is 28.7 Å². The van der Waals surface area contributed by atoms with Gasteiger partial charge in [-0.15, -0.1) is 0 Å². The number of hydrogen-bond acceptors (Lipinski definition) is 3. The highest BCUT2D eigenvalue weighted by Gasteiger charge is 2.19. The summed E-state index contributed by atoms with van der Waals surface area (Å²) in [6.07, 6.45) is 0.586. The molecule has 0 aliphatic rings. The second kappa shape index (κ2) is 6.67. The monoisotopic (exact) mass is 379 g/mol. The molecule has 0 amide bonds. The number of carbonyl (C=O) groups is 1. The molecule has 0 radical (unpaired) electrons. The number of aromatic nitrogens is 3. The van der Waals surface area contributed by atoms with Gasteiger partial charge in [0.15, 0.2) is 5.78 Å². The van der Waals surface area contributed by atoms with Gasteiger partial charge in [0.2, 0.25) is 5.78 Å². The number of benzene rings is 2. The lowest BCUT2D eigenvalue weighted by atomic mass is 10.1. The molecule has 2 aromatic carbocycles. The highest BCUT2D eigenvalue weighted by molar-refractivity contribution is 6.30. The molecule has 5 nitrogen and oxygen atoms in total. The largest absolute Gasteiger partial charge is 0.307 e. The van der Waals surface area contributed by atoms with Crippen LogP contribution in [0.5, 0.6) is 0 Å². The minimum Gasteiger partial charge on any atom is -0.307 e. The van der Waals surface area contributed by atoms with E-state index >= 15 is 0 Å². The van der Waals surface area contributed by atoms with Crippen molar-refractivity contribution in [3.63, 3.8) is 0 Å². The fourth-order valence-corrected chi connectivity index (χ4v) is 3.59. The van der Waals surface area contributed by atoms with Crippen molar-refractivity contribution in [3.05, 3.63) is 80.7 Å². The van der Waals surface area contributed by atoms with Crippen LogP contribution in [0, 0.1) is 6.92 Å². The lowest BCUT2D eigenvalue weighted by molar-refractivity contribution is 0.0972. The standard InChI is InChI=1S/C21H18ClN3O2/c1-3-16-13(2)24(12-19(26)14-8-10-15(22)11-9-14)21-23-17-6-4-5-7-18(17)25(21)20(16)27/h4-11H,3,12H2,1-2H3. The average molecular weight is 380 g/mol. The summed E-state index contributed by atoms with van der Waals surface area (Å²) in [4.78, 5) is 30.5. The molecule has 0 unspecified atom stereocenters. The van der Waals surface area contributed by atoms with Crippen LogP contribution in [0.4, 0.5) is 0 Å². The third-order valence-corrected chi connectivity index (χ3v) is 5.16. The van der Waals surface area contributed by atoms with E-state index in [1.165, 1.54) is 0 Å². The average Bonchev–Trinajstić information content (AvgIpc) is 3.05. The number of Topliss-reactive ketones (excluding diaryl/α,β-unsaturated/α-hetero) is 1. The Morgan fingerprint density at radius 2 is 1.81 bits per heavy atom. The van der Waals surface area contributed by atoms with Crippen molar-refractivity contribution < 1.29 is 4.79 Å². The van der Waals surface area contributed by atoms with E-state index in [0.29, 0.717) is 28.3 Å². The molecule has 0 aliphatic heterocycles. The fourth-order valence-electron chi connectivity index (χ4n) is 3.46. The summed E-state index contributed by atoms with van der Waals surface area (Å²) in [5.74, 6) is 0.424. The summed E-state index contributed by atoms with van der Waals surface area (Å²) in [6.45, 7) is 3.92. The Balaban J connectivity index is 1.95. The maximum atomic E-state index is 13.0. The number of nitrogens with zero attached hydrogens (tertiary/aromatic N) is 3. The van der Waals surface area contributed by atoms with Gasteiger partial charge < -0.3 is 4.57 Å². The van der Waals surface area contributed by atoms with Gasteiger partial charge in [0.05, 0.1) is 17.6 Å². The molecule has 2 heterocycles. The topological polar surface area (TPSA) is 56.4 Å². The first-order valence-corrected chi connectivity index (χ1v) is 9.17. The highest BCUT2D eigenvalue weighted by atomic mass is 35.5. The lowest BCUT2D eigenvalue weighted by Crippen LogP contribution is -2.26. The van der Waals surface area contributed by atoms with Crippen LogP contribution < -0.4 is 5.56 Å². The number of carbonyl (C=O) groups excluding carboxylic acids is 1. The SMILES string of the molecule is CCc1c(C)n(CC(=O)c2ccc(Cl)cc2)c2nc3ccccc3n2c1=O. The van der Waals surface area contributed by atoms with Crippen molar-refractivity contribution in [2.75, 3.05) is 0 Å². The van der Waals surface area contributed by atoms with Crippen molar-refractivity contribution in [1.29, 1.82) is 0 Å². The van der Waals surface area contributed by atoms with E-state index in [9.17, 15) is 9.59 Å². The molecule has 6 heteroatoms. The van der Waals surface area contributed by atoms with Crippen molar-refractivity contribution in [2.24, 2.45) is 0 Å². The first-order valence-electron chi connectivity index (χ1n) is 8.79. The van der Waals surface area contributed by atoms with Crippen molar-refractivity contribution in [3.8, 4) is 0 Å². The van der Waals surface area contributed by atoms with E-state index in [1.807, 2.05) is 42.7 Å². The molecular weight excluding hydrogens is 362 g/mol. The van der Waals surface area contributed by atoms with E-state index in [2.05, 4.69) is 4.98 Å². The molecule has 0 bridgehead atoms. The molecule has 0 spiro atoms. The number of hydrogen-bond donors (Lipinski definition) is 0. The molecular formula is C21H18ClN3O2. The summed E-state index contributed by atoms with van der Waals surface area (Å²) >= 11 is 5.92. The second-order valence-corrected chi connectivity index (χ2v) is 6.91. The Hall–Kier alpha value is -2.92. The molecule has 0 saturated carbocycles. The van der Waals surface area contributed by atoms with Crippen LogP contribution in [0.15, 0.2) is 53.3 Å². The van der Waals surface area contributed by atoms with Crippen LogP contribution in [0.3, 0.4) is 0 Å². The highest BCUT2D eigenvalue weighted by Crippen LogP contribution is 2.19. The number of ketones is 1. The van der Waals surface area contributed by atoms with Gasteiger partial charge in [-0.25, -0.2) is 9.38 Å². The lowest BCUT2D eigenvalue weighted by Gasteiger charge is -2.15. The third-order valence-electron chi connectivity index (χ3n) is 4.91. The van der Waals surface area contributed by atoms with Crippen LogP contribution in [0.2, 0.25) is 5.02 Å². The van der Waals surface area contributed by atoms with E-state index in [0.717, 1.165) is 16.7 Å². The first kappa shape index (κ1) is 17.5. The van der Waals surface area contributed by atoms with Gasteiger partial charge in [0, 0.05) is 21.8 Å². The van der Waals surface area contributed by atoms with Crippen LogP contribution in [0.1, 0.15) is 28.5 Å². The van der Waals surface area contributed by atoms with Gasteiger partial charge in [-0.2, -0.15) is 0 Å². The summed E-state index contributed by atoms with van der Waals surface area (Å²) in [6, 6.07) is 14.3. The molecule has 27 heavy (non-hydrogen) atoms. The van der Waals surface area contributed by atoms with Gasteiger partial charge in [0.1, 0.15) is 0 Å². The van der Waals surface area contributed by atoms with E-state index in [-0.39, 0.29) is 17.9 Å². The fraction of sp³-hybridized carbons (Fsp3) is 0.190. The van der Waals surface area contributed by atoms with Gasteiger partial charge >= 0.3 is 0 Å². The normalized spacial score (nSPS) is 11.4. The number of imidazole rings is 1. The Labute approximate surface area is 160 Å². The second-order valence-electron chi connectivity index (χ2n) is 6.47. The predicted molar refractivity (Wildman–Crippen MR) is 107 cm³/mol. The van der Waals surface area contributed by atoms with Crippen LogP contribution in [-0.4, -0.2) is 19.7 Å². The number of fused-ring (bicyclic) bond motifs is 3. The first-order chi connectivity index (χ1) is 13.0. The quantitative estimate of drug-likeness (QED) is 0.502. The molecule has 4 aromatic rings. The molecule has 0 fully saturated rings. The van der Waals surface area contributed by atoms with Crippen molar-refractivity contribution in [1.82, 2.24) is 14.0 Å². The zero-order chi connectivity index (χ0) is 19.1. The van der Waals surface area contributed by atoms with Gasteiger partial charge in [-0.3, -0.25) is 9.59 Å². The molecule has 2 aromatic heterocycles. The minimum absolute atomic E-state index is 0.0607. The van der Waals surface area contributed by atoms with E-state index in [4.69, 9.17) is 11.6 Å². The van der Waals surface area contributed by atoms with Crippen molar-refractivity contribution >= 4 is 34.2 Å². The zero-order valence-electron chi connectivity index (χ0n) is 15.1. The minimum atomic E-state index is -0.0751. The van der Waals surface area contributed by atoms with Gasteiger partial charge in [-0.05, 0) is 49.7 Å². The molecule has 0 atom stereocenters. The van der Waals surface area contributed by atoms with Crippen LogP contribution in [0.25, 0.3) is 16.8 Å². The summed E-state index contributed by atoms with van der Waals surface area (Å²) in [7, 11) is 0. The Morgan fingerprint density at radius 3 is 2.52 bits per heavy atom. The molecule has 4 rings (SSSR count). The predicted octanol–water partition coefficient (Wildman–Crippen LogP) is 4.06. The van der Waals surface area contributed by atoms with E-state index < -0.39 is 0 Å². The number of para-hydroxylation sites is 2. The molecule has 0 aliphatic carbocycles. The van der Waals surface area contributed by atoms with Crippen LogP contribution >= 0.6 is 11.6 Å². The summed E-state index contributed by atoms with van der Waals surface area (Å²) in [5, 5.41) is 0.584. The van der Waals surface area contributed by atoms with Crippen LogP contribution in [-0.2, 0) is 13.0 Å². The smallest absolute Gasteiger partial charge is 0.262 e. The maximum absolute atomic E-state index is 13.0. The van der Waals surface area contributed by atoms with Gasteiger partial charge in [-0.1, -0.05) is 30.7 Å². The number of halogens is 1. The Morgan fingerprint density at radius 1 is 1.11 bits per heavy atom. The summed E-state index contributed by atoms with van der Waals surface area (Å²) < 4.78 is 3.44. The molecule has 0 saturated heterocycles. The zero-order valence-corrected chi connectivity index (χ0v) is 15.8. The molecule has 136 valence electrons. The van der Waals surface area contributed by atoms with Crippen molar-refractivity contribution in [2.45, 2.75) is 26.8 Å². The Kier molecular flexibility index (Phi) is 4.32. The summed E-state index contributed by atoms with van der Waals surface area (Å²) in [5.41, 5.74) is 3.44. The maximum Gasteiger partial charge on any atom is 0.262 e. The third kappa shape index (κ3) is 2.84. The Bertz CT molecular complexity index is 1240. The molecule has 0 N–H and O–H groups in total.